The van der Waals surface area contributed by atoms with Crippen LogP contribution in [0.15, 0.2) is 59.1 Å². The van der Waals surface area contributed by atoms with Gasteiger partial charge in [0, 0.05) is 37.7 Å². The molecule has 5 rings (SSSR count). The highest BCUT2D eigenvalue weighted by molar-refractivity contribution is 5.75. The van der Waals surface area contributed by atoms with Crippen LogP contribution in [-0.4, -0.2) is 63.4 Å². The second-order valence-electron chi connectivity index (χ2n) is 9.45. The molecule has 2 aliphatic heterocycles. The van der Waals surface area contributed by atoms with E-state index in [0.29, 0.717) is 50.7 Å². The van der Waals surface area contributed by atoms with Gasteiger partial charge in [0.1, 0.15) is 0 Å². The molecule has 7 heteroatoms. The highest BCUT2D eigenvalue weighted by Gasteiger charge is 2.36. The van der Waals surface area contributed by atoms with E-state index in [0.717, 1.165) is 18.4 Å². The Hall–Kier alpha value is -3.19. The van der Waals surface area contributed by atoms with E-state index in [4.69, 9.17) is 9.51 Å². The van der Waals surface area contributed by atoms with E-state index in [1.807, 2.05) is 40.1 Å². The Labute approximate surface area is 200 Å². The Morgan fingerprint density at radius 1 is 1.00 bits per heavy atom. The fraction of sp³-hybridized carbons (Fsp3) is 0.444. The molecule has 2 fully saturated rings. The number of carbonyl (C=O) groups is 1. The summed E-state index contributed by atoms with van der Waals surface area (Å²) in [5, 5.41) is 14.1. The summed E-state index contributed by atoms with van der Waals surface area (Å²) in [7, 11) is 0. The van der Waals surface area contributed by atoms with E-state index in [1.54, 1.807) is 0 Å². The second-order valence-corrected chi connectivity index (χ2v) is 9.45. The Balaban J connectivity index is 1.40. The number of aliphatic hydroxyl groups excluding tert-OH is 1. The zero-order chi connectivity index (χ0) is 23.5. The summed E-state index contributed by atoms with van der Waals surface area (Å²) in [5.41, 5.74) is 3.46. The summed E-state index contributed by atoms with van der Waals surface area (Å²) >= 11 is 0. The molecular weight excluding hydrogens is 428 g/mol. The molecular formula is C27H32N4O3. The van der Waals surface area contributed by atoms with Gasteiger partial charge in [0.05, 0.1) is 12.0 Å². The van der Waals surface area contributed by atoms with Gasteiger partial charge in [0.25, 0.3) is 0 Å². The predicted molar refractivity (Wildman–Crippen MR) is 129 cm³/mol. The van der Waals surface area contributed by atoms with Crippen molar-refractivity contribution in [2.24, 2.45) is 0 Å². The molecule has 3 heterocycles. The molecule has 0 saturated carbocycles. The zero-order valence-electron chi connectivity index (χ0n) is 19.6. The van der Waals surface area contributed by atoms with Crippen molar-refractivity contribution in [3.63, 3.8) is 0 Å². The fourth-order valence-corrected chi connectivity index (χ4v) is 5.06. The lowest BCUT2D eigenvalue weighted by molar-refractivity contribution is 0.0744. The van der Waals surface area contributed by atoms with Crippen LogP contribution in [0.3, 0.4) is 0 Å². The number of hydrogen-bond acceptors (Lipinski definition) is 5. The standard InChI is InChI=1S/C27H32N4O3/c1-2-19-8-10-20(11-9-19)22-16-23(26-28-25(29-34-26)21-6-4-3-5-7-21)18-31(17-22)27(33)30-14-12-24(32)13-15-30/h3-11,22-24,32H,2,12-18H2,1H3. The van der Waals surface area contributed by atoms with Crippen molar-refractivity contribution in [2.45, 2.75) is 50.5 Å². The number of urea groups is 1. The van der Waals surface area contributed by atoms with Crippen molar-refractivity contribution in [1.29, 1.82) is 0 Å². The maximum Gasteiger partial charge on any atom is 0.320 e. The van der Waals surface area contributed by atoms with Gasteiger partial charge in [-0.05, 0) is 36.8 Å². The number of carbonyl (C=O) groups excluding carboxylic acids is 1. The van der Waals surface area contributed by atoms with E-state index in [9.17, 15) is 9.90 Å². The smallest absolute Gasteiger partial charge is 0.320 e. The monoisotopic (exact) mass is 460 g/mol. The maximum absolute atomic E-state index is 13.4. The Bertz CT molecular complexity index is 1090. The number of benzene rings is 2. The van der Waals surface area contributed by atoms with Crippen molar-refractivity contribution in [3.8, 4) is 11.4 Å². The molecule has 7 nitrogen and oxygen atoms in total. The summed E-state index contributed by atoms with van der Waals surface area (Å²) in [6, 6.07) is 18.6. The molecule has 34 heavy (non-hydrogen) atoms. The van der Waals surface area contributed by atoms with Crippen LogP contribution in [0.25, 0.3) is 11.4 Å². The van der Waals surface area contributed by atoms with E-state index in [2.05, 4.69) is 36.3 Å². The molecule has 3 aromatic rings. The molecule has 0 aliphatic carbocycles. The van der Waals surface area contributed by atoms with Crippen LogP contribution in [0.2, 0.25) is 0 Å². The van der Waals surface area contributed by atoms with Crippen LogP contribution in [0.4, 0.5) is 4.79 Å². The molecule has 2 atom stereocenters. The van der Waals surface area contributed by atoms with Gasteiger partial charge in [0.2, 0.25) is 11.7 Å². The topological polar surface area (TPSA) is 82.7 Å². The lowest BCUT2D eigenvalue weighted by Crippen LogP contribution is -2.51. The molecule has 0 radical (unpaired) electrons. The van der Waals surface area contributed by atoms with Crippen LogP contribution < -0.4 is 0 Å². The first-order valence-electron chi connectivity index (χ1n) is 12.3. The summed E-state index contributed by atoms with van der Waals surface area (Å²) < 4.78 is 5.72. The minimum atomic E-state index is -0.308. The quantitative estimate of drug-likeness (QED) is 0.622. The van der Waals surface area contributed by atoms with Crippen molar-refractivity contribution < 1.29 is 14.4 Å². The van der Waals surface area contributed by atoms with Gasteiger partial charge >= 0.3 is 6.03 Å². The number of hydrogen-bond donors (Lipinski definition) is 1. The minimum Gasteiger partial charge on any atom is -0.393 e. The first kappa shape index (κ1) is 22.6. The third-order valence-electron chi connectivity index (χ3n) is 7.14. The summed E-state index contributed by atoms with van der Waals surface area (Å²) in [6.45, 7) is 4.56. The second kappa shape index (κ2) is 9.97. The van der Waals surface area contributed by atoms with E-state index in [-0.39, 0.29) is 24.0 Å². The lowest BCUT2D eigenvalue weighted by atomic mass is 9.84. The summed E-state index contributed by atoms with van der Waals surface area (Å²) in [6.07, 6.45) is 2.82. The van der Waals surface area contributed by atoms with Gasteiger partial charge in [-0.3, -0.25) is 0 Å². The Morgan fingerprint density at radius 2 is 1.71 bits per heavy atom. The van der Waals surface area contributed by atoms with Crippen LogP contribution in [-0.2, 0) is 6.42 Å². The molecule has 1 N–H and O–H groups in total. The molecule has 2 saturated heterocycles. The van der Waals surface area contributed by atoms with Crippen molar-refractivity contribution >= 4 is 6.03 Å². The number of rotatable bonds is 4. The Kier molecular flexibility index (Phi) is 6.63. The lowest BCUT2D eigenvalue weighted by Gasteiger charge is -2.40. The molecule has 2 unspecified atom stereocenters. The van der Waals surface area contributed by atoms with Crippen LogP contribution >= 0.6 is 0 Å². The third kappa shape index (κ3) is 4.85. The van der Waals surface area contributed by atoms with Crippen LogP contribution in [0, 0.1) is 0 Å². The molecule has 0 spiro atoms. The predicted octanol–water partition coefficient (Wildman–Crippen LogP) is 4.45. The number of likely N-dealkylation sites (tertiary alicyclic amines) is 2. The van der Waals surface area contributed by atoms with Gasteiger partial charge in [-0.2, -0.15) is 4.98 Å². The van der Waals surface area contributed by atoms with Gasteiger partial charge in [-0.25, -0.2) is 4.79 Å². The SMILES string of the molecule is CCc1ccc(C2CC(c3nc(-c4ccccc4)no3)CN(C(=O)N3CCC(O)CC3)C2)cc1. The molecule has 2 aliphatic rings. The van der Waals surface area contributed by atoms with Gasteiger partial charge in [-0.15, -0.1) is 0 Å². The molecule has 2 amide bonds. The third-order valence-corrected chi connectivity index (χ3v) is 7.14. The van der Waals surface area contributed by atoms with Crippen LogP contribution in [0.5, 0.6) is 0 Å². The summed E-state index contributed by atoms with van der Waals surface area (Å²) in [4.78, 5) is 22.0. The number of nitrogens with zero attached hydrogens (tertiary/aromatic N) is 4. The number of amides is 2. The van der Waals surface area contributed by atoms with Crippen LogP contribution in [0.1, 0.15) is 55.0 Å². The first-order chi connectivity index (χ1) is 16.6. The van der Waals surface area contributed by atoms with E-state index in [1.165, 1.54) is 11.1 Å². The molecule has 2 aromatic carbocycles. The molecule has 178 valence electrons. The van der Waals surface area contributed by atoms with Crippen molar-refractivity contribution in [3.05, 3.63) is 71.6 Å². The highest BCUT2D eigenvalue weighted by Crippen LogP contribution is 2.36. The van der Waals surface area contributed by atoms with E-state index >= 15 is 0 Å². The van der Waals surface area contributed by atoms with E-state index < -0.39 is 0 Å². The minimum absolute atomic E-state index is 0.0334. The van der Waals surface area contributed by atoms with Gasteiger partial charge in [0.15, 0.2) is 0 Å². The molecule has 1 aromatic heterocycles. The highest BCUT2D eigenvalue weighted by atomic mass is 16.5. The normalized spacial score (nSPS) is 21.6. The van der Waals surface area contributed by atoms with Crippen molar-refractivity contribution in [2.75, 3.05) is 26.2 Å². The first-order valence-corrected chi connectivity index (χ1v) is 12.3. The number of aromatic nitrogens is 2. The largest absolute Gasteiger partial charge is 0.393 e. The van der Waals surface area contributed by atoms with Gasteiger partial charge in [-0.1, -0.05) is 66.7 Å². The number of aryl methyl sites for hydroxylation is 1. The Morgan fingerprint density at radius 3 is 2.41 bits per heavy atom. The molecule has 0 bridgehead atoms. The average Bonchev–Trinajstić information content (AvgIpc) is 3.40. The number of piperidine rings is 2. The zero-order valence-corrected chi connectivity index (χ0v) is 19.6. The average molecular weight is 461 g/mol. The van der Waals surface area contributed by atoms with Crippen molar-refractivity contribution in [1.82, 2.24) is 19.9 Å². The summed E-state index contributed by atoms with van der Waals surface area (Å²) in [5.74, 6) is 1.32. The fourth-order valence-electron chi connectivity index (χ4n) is 5.06. The number of aliphatic hydroxyl groups is 1. The maximum atomic E-state index is 13.4. The van der Waals surface area contributed by atoms with Gasteiger partial charge < -0.3 is 19.4 Å².